The first kappa shape index (κ1) is 17.6. The number of hydrogen-bond acceptors (Lipinski definition) is 3. The number of nitrogens with one attached hydrogen (secondary N) is 3. The average molecular weight is 338 g/mol. The maximum Gasteiger partial charge on any atom is 0.417 e. The molecule has 5 nitrogen and oxygen atoms in total. The van der Waals surface area contributed by atoms with Crippen molar-refractivity contribution in [1.29, 1.82) is 0 Å². The molecule has 0 bridgehead atoms. The van der Waals surface area contributed by atoms with E-state index in [0.717, 1.165) is 17.8 Å². The largest absolute Gasteiger partial charge is 0.417 e. The van der Waals surface area contributed by atoms with E-state index in [4.69, 9.17) is 0 Å². The minimum absolute atomic E-state index is 0.292. The Balaban J connectivity index is 1.70. The molecule has 0 aliphatic carbocycles. The maximum atomic E-state index is 12.4. The Morgan fingerprint density at radius 2 is 1.79 bits per heavy atom. The van der Waals surface area contributed by atoms with Crippen LogP contribution in [-0.2, 0) is 6.18 Å². The lowest BCUT2D eigenvalue weighted by atomic mass is 10.2. The van der Waals surface area contributed by atoms with E-state index in [1.807, 2.05) is 19.1 Å². The number of carbonyl (C=O) groups excluding carboxylic acids is 1. The zero-order valence-corrected chi connectivity index (χ0v) is 12.9. The van der Waals surface area contributed by atoms with Crippen LogP contribution >= 0.6 is 0 Å². The van der Waals surface area contributed by atoms with Gasteiger partial charge in [0.15, 0.2) is 0 Å². The molecule has 0 saturated heterocycles. The van der Waals surface area contributed by atoms with E-state index in [0.29, 0.717) is 24.6 Å². The number of rotatable bonds is 5. The monoisotopic (exact) mass is 338 g/mol. The number of pyridine rings is 1. The molecule has 3 N–H and O–H groups in total. The van der Waals surface area contributed by atoms with Gasteiger partial charge in [-0.25, -0.2) is 9.78 Å². The highest BCUT2D eigenvalue weighted by molar-refractivity contribution is 5.89. The Morgan fingerprint density at radius 1 is 1.08 bits per heavy atom. The molecular formula is C16H17F3N4O. The van der Waals surface area contributed by atoms with Crippen molar-refractivity contribution in [3.63, 3.8) is 0 Å². The van der Waals surface area contributed by atoms with Crippen LogP contribution in [0.25, 0.3) is 0 Å². The SMILES string of the molecule is Cc1ccc(NC(=O)NCCNc2ccc(C(F)(F)F)cn2)cc1. The highest BCUT2D eigenvalue weighted by atomic mass is 19.4. The lowest BCUT2D eigenvalue weighted by Gasteiger charge is -2.10. The van der Waals surface area contributed by atoms with Crippen LogP contribution in [0.4, 0.5) is 29.5 Å². The summed E-state index contributed by atoms with van der Waals surface area (Å²) in [5.74, 6) is 0.309. The van der Waals surface area contributed by atoms with Crippen molar-refractivity contribution >= 4 is 17.5 Å². The van der Waals surface area contributed by atoms with Crippen molar-refractivity contribution in [3.05, 3.63) is 53.7 Å². The minimum atomic E-state index is -4.40. The number of anilines is 2. The van der Waals surface area contributed by atoms with Crippen LogP contribution in [0.5, 0.6) is 0 Å². The summed E-state index contributed by atoms with van der Waals surface area (Å²) in [6.45, 7) is 2.57. The van der Waals surface area contributed by atoms with E-state index in [1.54, 1.807) is 12.1 Å². The second kappa shape index (κ2) is 7.67. The first-order chi connectivity index (χ1) is 11.3. The van der Waals surface area contributed by atoms with Crippen LogP contribution in [-0.4, -0.2) is 24.1 Å². The van der Waals surface area contributed by atoms with Gasteiger partial charge in [-0.2, -0.15) is 13.2 Å². The van der Waals surface area contributed by atoms with E-state index in [9.17, 15) is 18.0 Å². The number of urea groups is 1. The van der Waals surface area contributed by atoms with Crippen molar-refractivity contribution in [2.75, 3.05) is 23.7 Å². The average Bonchev–Trinajstić information content (AvgIpc) is 2.53. The number of aromatic nitrogens is 1. The van der Waals surface area contributed by atoms with E-state index in [1.165, 1.54) is 6.07 Å². The molecule has 2 amide bonds. The smallest absolute Gasteiger partial charge is 0.368 e. The number of hydrogen-bond donors (Lipinski definition) is 3. The van der Waals surface area contributed by atoms with Gasteiger partial charge in [-0.1, -0.05) is 17.7 Å². The molecule has 0 aliphatic rings. The molecule has 8 heteroatoms. The van der Waals surface area contributed by atoms with Gasteiger partial charge in [0.25, 0.3) is 0 Å². The number of benzene rings is 1. The van der Waals surface area contributed by atoms with Crippen molar-refractivity contribution in [2.24, 2.45) is 0 Å². The van der Waals surface area contributed by atoms with Gasteiger partial charge >= 0.3 is 12.2 Å². The molecule has 1 heterocycles. The molecule has 0 fully saturated rings. The molecule has 0 unspecified atom stereocenters. The molecule has 0 radical (unpaired) electrons. The van der Waals surface area contributed by atoms with Gasteiger partial charge in [0.2, 0.25) is 0 Å². The van der Waals surface area contributed by atoms with Gasteiger partial charge < -0.3 is 16.0 Å². The quantitative estimate of drug-likeness (QED) is 0.729. The summed E-state index contributed by atoms with van der Waals surface area (Å²) in [5, 5.41) is 8.13. The third kappa shape index (κ3) is 5.45. The number of alkyl halides is 3. The van der Waals surface area contributed by atoms with Crippen molar-refractivity contribution in [3.8, 4) is 0 Å². The summed E-state index contributed by atoms with van der Waals surface area (Å²) in [6.07, 6.45) is -3.64. The predicted octanol–water partition coefficient (Wildman–Crippen LogP) is 3.64. The second-order valence-electron chi connectivity index (χ2n) is 5.10. The first-order valence-corrected chi connectivity index (χ1v) is 7.23. The highest BCUT2D eigenvalue weighted by Gasteiger charge is 2.30. The Labute approximate surface area is 137 Å². The fraction of sp³-hybridized carbons (Fsp3) is 0.250. The summed E-state index contributed by atoms with van der Waals surface area (Å²) in [7, 11) is 0. The second-order valence-corrected chi connectivity index (χ2v) is 5.10. The number of aryl methyl sites for hydroxylation is 1. The molecule has 2 aromatic rings. The molecule has 0 aliphatic heterocycles. The Morgan fingerprint density at radius 3 is 2.38 bits per heavy atom. The standard InChI is InChI=1S/C16H17F3N4O/c1-11-2-5-13(6-3-11)23-15(24)21-9-8-20-14-7-4-12(10-22-14)16(17,18)19/h2-7,10H,8-9H2,1H3,(H,20,22)(H2,21,23,24). The minimum Gasteiger partial charge on any atom is -0.368 e. The predicted molar refractivity (Wildman–Crippen MR) is 85.9 cm³/mol. The van der Waals surface area contributed by atoms with E-state index in [-0.39, 0.29) is 6.03 Å². The zero-order chi connectivity index (χ0) is 17.6. The number of halogens is 3. The molecule has 0 saturated carbocycles. The number of nitrogens with zero attached hydrogens (tertiary/aromatic N) is 1. The van der Waals surface area contributed by atoms with Crippen LogP contribution in [0.1, 0.15) is 11.1 Å². The molecule has 2 rings (SSSR count). The van der Waals surface area contributed by atoms with Gasteiger partial charge in [0.1, 0.15) is 5.82 Å². The van der Waals surface area contributed by atoms with Gasteiger partial charge in [-0.3, -0.25) is 0 Å². The molecule has 1 aromatic carbocycles. The summed E-state index contributed by atoms with van der Waals surface area (Å²) in [6, 6.07) is 9.18. The normalized spacial score (nSPS) is 11.0. The van der Waals surface area contributed by atoms with Crippen molar-refractivity contribution in [1.82, 2.24) is 10.3 Å². The Kier molecular flexibility index (Phi) is 5.62. The highest BCUT2D eigenvalue weighted by Crippen LogP contribution is 2.28. The molecule has 0 atom stereocenters. The van der Waals surface area contributed by atoms with Crippen LogP contribution in [0.2, 0.25) is 0 Å². The molecule has 24 heavy (non-hydrogen) atoms. The Hall–Kier alpha value is -2.77. The van der Waals surface area contributed by atoms with Crippen LogP contribution in [0.3, 0.4) is 0 Å². The van der Waals surface area contributed by atoms with Crippen molar-refractivity contribution in [2.45, 2.75) is 13.1 Å². The molecule has 0 spiro atoms. The number of amides is 2. The molecule has 128 valence electrons. The van der Waals surface area contributed by atoms with Crippen LogP contribution in [0, 0.1) is 6.92 Å². The van der Waals surface area contributed by atoms with Gasteiger partial charge in [-0.15, -0.1) is 0 Å². The summed E-state index contributed by atoms with van der Waals surface area (Å²) >= 11 is 0. The lowest BCUT2D eigenvalue weighted by Crippen LogP contribution is -2.32. The summed E-state index contributed by atoms with van der Waals surface area (Å²) in [4.78, 5) is 15.4. The third-order valence-electron chi connectivity index (χ3n) is 3.12. The zero-order valence-electron chi connectivity index (χ0n) is 12.9. The number of carbonyl (C=O) groups is 1. The lowest BCUT2D eigenvalue weighted by molar-refractivity contribution is -0.137. The van der Waals surface area contributed by atoms with Gasteiger partial charge in [0, 0.05) is 25.0 Å². The summed E-state index contributed by atoms with van der Waals surface area (Å²) < 4.78 is 37.2. The Bertz CT molecular complexity index is 669. The van der Waals surface area contributed by atoms with Crippen LogP contribution in [0.15, 0.2) is 42.6 Å². The van der Waals surface area contributed by atoms with Gasteiger partial charge in [-0.05, 0) is 31.2 Å². The third-order valence-corrected chi connectivity index (χ3v) is 3.12. The molecular weight excluding hydrogens is 321 g/mol. The van der Waals surface area contributed by atoms with E-state index in [2.05, 4.69) is 20.9 Å². The summed E-state index contributed by atoms with van der Waals surface area (Å²) in [5.41, 5.74) is 0.966. The maximum absolute atomic E-state index is 12.4. The topological polar surface area (TPSA) is 66.1 Å². The molecule has 1 aromatic heterocycles. The van der Waals surface area contributed by atoms with Crippen molar-refractivity contribution < 1.29 is 18.0 Å². The van der Waals surface area contributed by atoms with E-state index >= 15 is 0 Å². The fourth-order valence-electron chi connectivity index (χ4n) is 1.84. The van der Waals surface area contributed by atoms with Gasteiger partial charge in [0.05, 0.1) is 5.56 Å². The first-order valence-electron chi connectivity index (χ1n) is 7.23. The van der Waals surface area contributed by atoms with E-state index < -0.39 is 11.7 Å². The fourth-order valence-corrected chi connectivity index (χ4v) is 1.84. The van der Waals surface area contributed by atoms with Crippen LogP contribution < -0.4 is 16.0 Å².